The zero-order chi connectivity index (χ0) is 26.6. The summed E-state index contributed by atoms with van der Waals surface area (Å²) in [5, 5.41) is 24.6. The van der Waals surface area contributed by atoms with E-state index in [0.29, 0.717) is 63.1 Å². The van der Waals surface area contributed by atoms with Crippen LogP contribution in [0.15, 0.2) is 60.9 Å². The van der Waals surface area contributed by atoms with Gasteiger partial charge in [-0.2, -0.15) is 5.26 Å². The fourth-order valence-corrected chi connectivity index (χ4v) is 4.56. The second-order valence-electron chi connectivity index (χ2n) is 8.59. The van der Waals surface area contributed by atoms with E-state index in [4.69, 9.17) is 21.1 Å². The summed E-state index contributed by atoms with van der Waals surface area (Å²) < 4.78 is 11.6. The molecule has 1 fully saturated rings. The first kappa shape index (κ1) is 25.3. The van der Waals surface area contributed by atoms with Crippen LogP contribution in [-0.2, 0) is 11.4 Å². The van der Waals surface area contributed by atoms with Gasteiger partial charge in [0.2, 0.25) is 5.91 Å². The fourth-order valence-electron chi connectivity index (χ4n) is 4.33. The summed E-state index contributed by atoms with van der Waals surface area (Å²) in [5.41, 5.74) is 3.16. The van der Waals surface area contributed by atoms with Crippen LogP contribution >= 0.6 is 11.6 Å². The quantitative estimate of drug-likeness (QED) is 0.314. The van der Waals surface area contributed by atoms with Gasteiger partial charge >= 0.3 is 0 Å². The summed E-state index contributed by atoms with van der Waals surface area (Å²) in [6.45, 7) is 2.47. The van der Waals surface area contributed by atoms with Gasteiger partial charge in [0, 0.05) is 42.4 Å². The van der Waals surface area contributed by atoms with Gasteiger partial charge in [-0.3, -0.25) is 19.7 Å². The van der Waals surface area contributed by atoms with Crippen LogP contribution < -0.4 is 19.7 Å². The van der Waals surface area contributed by atoms with Crippen LogP contribution in [0.4, 0.5) is 17.1 Å². The van der Waals surface area contributed by atoms with Crippen molar-refractivity contribution >= 4 is 45.5 Å². The van der Waals surface area contributed by atoms with Crippen molar-refractivity contribution in [3.63, 3.8) is 0 Å². The van der Waals surface area contributed by atoms with Crippen molar-refractivity contribution in [3.05, 3.63) is 77.2 Å². The molecule has 1 aliphatic rings. The molecule has 3 heterocycles. The zero-order valence-corrected chi connectivity index (χ0v) is 21.3. The second kappa shape index (κ2) is 10.9. The average Bonchev–Trinajstić information content (AvgIpc) is 3.26. The topological polar surface area (TPSA) is 121 Å². The number of pyridine rings is 2. The average molecular weight is 530 g/mol. The number of fused-ring (bicyclic) bond motifs is 1. The smallest absolute Gasteiger partial charge is 0.229 e. The predicted octanol–water partition coefficient (Wildman–Crippen LogP) is 5.32. The van der Waals surface area contributed by atoms with Crippen molar-refractivity contribution in [3.8, 4) is 17.6 Å². The Morgan fingerprint density at radius 3 is 2.74 bits per heavy atom. The molecule has 1 atom stereocenters. The number of aromatic nitrogens is 2. The first-order valence-corrected chi connectivity index (χ1v) is 12.5. The first-order valence-electron chi connectivity index (χ1n) is 12.1. The predicted molar refractivity (Wildman–Crippen MR) is 144 cm³/mol. The number of hydrogen-bond acceptors (Lipinski definition) is 8. The Labute approximate surface area is 224 Å². The number of nitrogens with one attached hydrogen (secondary N) is 1. The number of nitrogens with zero attached hydrogens (tertiary/aromatic N) is 4. The summed E-state index contributed by atoms with van der Waals surface area (Å²) in [7, 11) is 0. The summed E-state index contributed by atoms with van der Waals surface area (Å²) in [5.74, 6) is 0.716. The highest BCUT2D eigenvalue weighted by molar-refractivity contribution is 6.32. The molecule has 0 saturated carbocycles. The molecule has 192 valence electrons. The van der Waals surface area contributed by atoms with Crippen molar-refractivity contribution in [2.45, 2.75) is 32.6 Å². The zero-order valence-electron chi connectivity index (χ0n) is 20.5. The highest BCUT2D eigenvalue weighted by atomic mass is 35.5. The molecule has 2 aromatic carbocycles. The largest absolute Gasteiger partial charge is 0.492 e. The van der Waals surface area contributed by atoms with Gasteiger partial charge in [0.15, 0.2) is 0 Å². The number of aliphatic hydroxyl groups excluding tert-OH is 1. The van der Waals surface area contributed by atoms with Crippen LogP contribution in [0.5, 0.6) is 11.5 Å². The molecule has 1 amide bonds. The number of amides is 1. The Kier molecular flexibility index (Phi) is 7.26. The van der Waals surface area contributed by atoms with Crippen LogP contribution in [0.2, 0.25) is 5.02 Å². The molecule has 2 aromatic heterocycles. The molecule has 1 aliphatic heterocycles. The number of nitriles is 1. The molecule has 5 rings (SSSR count). The third-order valence-corrected chi connectivity index (χ3v) is 6.41. The summed E-state index contributed by atoms with van der Waals surface area (Å²) in [6, 6.07) is 16.4. The van der Waals surface area contributed by atoms with Gasteiger partial charge in [0.25, 0.3) is 0 Å². The molecule has 2 N–H and O–H groups in total. The van der Waals surface area contributed by atoms with Crippen LogP contribution in [0.25, 0.3) is 10.9 Å². The van der Waals surface area contributed by atoms with Crippen molar-refractivity contribution in [1.82, 2.24) is 9.97 Å². The van der Waals surface area contributed by atoms with Crippen LogP contribution in [0.1, 0.15) is 31.0 Å². The van der Waals surface area contributed by atoms with Gasteiger partial charge in [-0.05, 0) is 43.3 Å². The molecule has 10 heteroatoms. The Balaban J connectivity index is 1.51. The number of anilines is 3. The van der Waals surface area contributed by atoms with E-state index in [-0.39, 0.29) is 18.9 Å². The number of hydrogen-bond donors (Lipinski definition) is 2. The fraction of sp³-hybridized carbons (Fsp3) is 0.214. The molecule has 4 aromatic rings. The third-order valence-electron chi connectivity index (χ3n) is 6.11. The molecule has 9 nitrogen and oxygen atoms in total. The van der Waals surface area contributed by atoms with Gasteiger partial charge in [-0.1, -0.05) is 17.7 Å². The lowest BCUT2D eigenvalue weighted by Gasteiger charge is -2.24. The molecule has 0 bridgehead atoms. The maximum atomic E-state index is 12.6. The lowest BCUT2D eigenvalue weighted by Crippen LogP contribution is -2.33. The van der Waals surface area contributed by atoms with E-state index in [1.807, 2.05) is 25.1 Å². The Morgan fingerprint density at radius 1 is 1.18 bits per heavy atom. The minimum absolute atomic E-state index is 0.204. The van der Waals surface area contributed by atoms with Gasteiger partial charge in [-0.25, -0.2) is 0 Å². The number of aliphatic hydroxyl groups is 1. The van der Waals surface area contributed by atoms with Crippen molar-refractivity contribution in [1.29, 1.82) is 5.26 Å². The van der Waals surface area contributed by atoms with E-state index in [2.05, 4.69) is 21.4 Å². The van der Waals surface area contributed by atoms with E-state index in [1.165, 1.54) is 11.1 Å². The minimum atomic E-state index is -0.958. The minimum Gasteiger partial charge on any atom is -0.492 e. The maximum absolute atomic E-state index is 12.6. The molecular weight excluding hydrogens is 506 g/mol. The Hall–Kier alpha value is -4.39. The molecule has 1 saturated heterocycles. The van der Waals surface area contributed by atoms with Crippen LogP contribution in [-0.4, -0.2) is 33.8 Å². The number of ether oxygens (including phenoxy) is 2. The van der Waals surface area contributed by atoms with Gasteiger partial charge in [0.1, 0.15) is 30.4 Å². The standard InChI is InChI=1S/C28H24ClN5O4/c1-2-37-25-13-22-20(12-23(25)34-26(35)8-9-27(34)36)28(17(14-30)15-32-22)33-18-6-7-24(21(29)11-18)38-16-19-5-3-4-10-31-19/h3-7,10-13,15,26,35H,2,8-9,16H2,1H3,(H,32,33). The van der Waals surface area contributed by atoms with E-state index in [0.717, 1.165) is 5.69 Å². The number of carbonyl (C=O) groups is 1. The first-order chi connectivity index (χ1) is 18.5. The van der Waals surface area contributed by atoms with Crippen molar-refractivity contribution in [2.24, 2.45) is 0 Å². The van der Waals surface area contributed by atoms with E-state index < -0.39 is 6.23 Å². The molecule has 0 radical (unpaired) electrons. The SMILES string of the molecule is CCOc1cc2ncc(C#N)c(Nc3ccc(OCc4ccccn4)c(Cl)c3)c2cc1N1C(=O)CCC1O. The normalized spacial score (nSPS) is 14.9. The lowest BCUT2D eigenvalue weighted by molar-refractivity contribution is -0.117. The van der Waals surface area contributed by atoms with Crippen LogP contribution in [0, 0.1) is 11.3 Å². The van der Waals surface area contributed by atoms with Gasteiger partial charge < -0.3 is 19.9 Å². The lowest BCUT2D eigenvalue weighted by atomic mass is 10.1. The van der Waals surface area contributed by atoms with Crippen LogP contribution in [0.3, 0.4) is 0 Å². The highest BCUT2D eigenvalue weighted by Crippen LogP contribution is 2.40. The van der Waals surface area contributed by atoms with Gasteiger partial charge in [-0.15, -0.1) is 0 Å². The number of benzene rings is 2. The van der Waals surface area contributed by atoms with E-state index >= 15 is 0 Å². The summed E-state index contributed by atoms with van der Waals surface area (Å²) in [4.78, 5) is 22.6. The maximum Gasteiger partial charge on any atom is 0.229 e. The third kappa shape index (κ3) is 5.05. The van der Waals surface area contributed by atoms with Gasteiger partial charge in [0.05, 0.1) is 39.8 Å². The summed E-state index contributed by atoms with van der Waals surface area (Å²) in [6.07, 6.45) is 2.78. The van der Waals surface area contributed by atoms with E-state index in [9.17, 15) is 15.2 Å². The monoisotopic (exact) mass is 529 g/mol. The Morgan fingerprint density at radius 2 is 2.05 bits per heavy atom. The molecular formula is C28H24ClN5O4. The van der Waals surface area contributed by atoms with Crippen molar-refractivity contribution < 1.29 is 19.4 Å². The molecule has 38 heavy (non-hydrogen) atoms. The molecule has 0 aliphatic carbocycles. The molecule has 0 spiro atoms. The Bertz CT molecular complexity index is 1540. The van der Waals surface area contributed by atoms with E-state index in [1.54, 1.807) is 36.5 Å². The summed E-state index contributed by atoms with van der Waals surface area (Å²) >= 11 is 6.50. The number of halogens is 1. The number of rotatable bonds is 8. The van der Waals surface area contributed by atoms with Crippen molar-refractivity contribution in [2.75, 3.05) is 16.8 Å². The highest BCUT2D eigenvalue weighted by Gasteiger charge is 2.33. The second-order valence-corrected chi connectivity index (χ2v) is 9.00. The molecule has 1 unspecified atom stereocenters. The number of carbonyl (C=O) groups excluding carboxylic acids is 1.